The number of hydrogen-bond donors (Lipinski definition) is 1. The zero-order valence-electron chi connectivity index (χ0n) is 13.6. The molecule has 3 aromatic rings. The number of nitrogens with zero attached hydrogens (tertiary/aromatic N) is 3. The molecule has 0 spiro atoms. The van der Waals surface area contributed by atoms with Gasteiger partial charge in [-0.1, -0.05) is 22.0 Å². The van der Waals surface area contributed by atoms with Gasteiger partial charge in [0.05, 0.1) is 17.8 Å². The molecule has 2 unspecified atom stereocenters. The minimum absolute atomic E-state index is 0.0165. The zero-order chi connectivity index (χ0) is 17.4. The van der Waals surface area contributed by atoms with E-state index in [-0.39, 0.29) is 12.1 Å². The maximum absolute atomic E-state index is 5.52. The van der Waals surface area contributed by atoms with Crippen LogP contribution in [0.5, 0.6) is 0 Å². The molecule has 0 radical (unpaired) electrons. The fourth-order valence-corrected chi connectivity index (χ4v) is 3.81. The van der Waals surface area contributed by atoms with Crippen molar-refractivity contribution in [1.82, 2.24) is 19.8 Å². The van der Waals surface area contributed by atoms with Gasteiger partial charge in [0.15, 0.2) is 5.11 Å². The lowest BCUT2D eigenvalue weighted by Gasteiger charge is -2.25. The Bertz CT molecular complexity index is 891. The van der Waals surface area contributed by atoms with Crippen molar-refractivity contribution in [1.29, 1.82) is 0 Å². The molecular formula is C19H17BrN4S. The van der Waals surface area contributed by atoms with E-state index in [0.717, 1.165) is 21.0 Å². The number of pyridine rings is 1. The molecule has 3 heterocycles. The molecule has 4 rings (SSSR count). The number of aromatic nitrogens is 2. The highest BCUT2D eigenvalue weighted by Gasteiger charge is 2.39. The average Bonchev–Trinajstić information content (AvgIpc) is 3.22. The second-order valence-corrected chi connectivity index (χ2v) is 7.32. The molecule has 1 N–H and O–H groups in total. The topological polar surface area (TPSA) is 33.1 Å². The van der Waals surface area contributed by atoms with Crippen LogP contribution in [0.4, 0.5) is 0 Å². The van der Waals surface area contributed by atoms with Gasteiger partial charge in [-0.3, -0.25) is 4.98 Å². The van der Waals surface area contributed by atoms with Crippen LogP contribution in [0.3, 0.4) is 0 Å². The predicted octanol–water partition coefficient (Wildman–Crippen LogP) is 4.24. The largest absolute Gasteiger partial charge is 0.352 e. The molecule has 4 nitrogen and oxygen atoms in total. The van der Waals surface area contributed by atoms with Crippen molar-refractivity contribution in [2.45, 2.75) is 12.1 Å². The molecule has 2 atom stereocenters. The summed E-state index contributed by atoms with van der Waals surface area (Å²) in [6.45, 7) is 0. The number of halogens is 1. The normalized spacial score (nSPS) is 19.9. The lowest BCUT2D eigenvalue weighted by atomic mass is 10.0. The Balaban J connectivity index is 1.78. The Hall–Kier alpha value is -2.18. The Morgan fingerprint density at radius 1 is 1.08 bits per heavy atom. The minimum atomic E-state index is 0.0165. The predicted molar refractivity (Wildman–Crippen MR) is 107 cm³/mol. The molecule has 0 saturated carbocycles. The van der Waals surface area contributed by atoms with Crippen LogP contribution in [-0.2, 0) is 0 Å². The highest BCUT2D eigenvalue weighted by atomic mass is 79.9. The van der Waals surface area contributed by atoms with E-state index in [1.54, 1.807) is 0 Å². The zero-order valence-corrected chi connectivity index (χ0v) is 16.0. The summed E-state index contributed by atoms with van der Waals surface area (Å²) in [5, 5.41) is 4.16. The van der Waals surface area contributed by atoms with Gasteiger partial charge in [-0.2, -0.15) is 0 Å². The average molecular weight is 413 g/mol. The van der Waals surface area contributed by atoms with Crippen molar-refractivity contribution in [3.05, 3.63) is 82.9 Å². The van der Waals surface area contributed by atoms with E-state index in [9.17, 15) is 0 Å². The number of hydrogen-bond acceptors (Lipinski definition) is 2. The first-order chi connectivity index (χ1) is 12.1. The monoisotopic (exact) mass is 412 g/mol. The summed E-state index contributed by atoms with van der Waals surface area (Å²) >= 11 is 9.02. The van der Waals surface area contributed by atoms with Gasteiger partial charge in [-0.25, -0.2) is 0 Å². The number of nitrogens with one attached hydrogen (secondary N) is 1. The van der Waals surface area contributed by atoms with E-state index in [4.69, 9.17) is 12.2 Å². The van der Waals surface area contributed by atoms with Crippen molar-refractivity contribution < 1.29 is 0 Å². The fourth-order valence-electron chi connectivity index (χ4n) is 3.30. The molecule has 0 bridgehead atoms. The third kappa shape index (κ3) is 2.96. The Labute approximate surface area is 160 Å². The molecule has 2 aromatic heterocycles. The van der Waals surface area contributed by atoms with Crippen LogP contribution in [0.25, 0.3) is 5.69 Å². The summed E-state index contributed by atoms with van der Waals surface area (Å²) in [6, 6.07) is 18.6. The van der Waals surface area contributed by atoms with E-state index >= 15 is 0 Å². The third-order valence-electron chi connectivity index (χ3n) is 4.53. The molecule has 1 fully saturated rings. The van der Waals surface area contributed by atoms with Crippen LogP contribution >= 0.6 is 28.1 Å². The lowest BCUT2D eigenvalue weighted by Crippen LogP contribution is -2.25. The maximum atomic E-state index is 5.52. The summed E-state index contributed by atoms with van der Waals surface area (Å²) in [5.41, 5.74) is 3.28. The molecule has 1 aliphatic heterocycles. The van der Waals surface area contributed by atoms with Crippen LogP contribution in [0.2, 0.25) is 0 Å². The molecule has 0 amide bonds. The van der Waals surface area contributed by atoms with Crippen molar-refractivity contribution in [3.63, 3.8) is 0 Å². The van der Waals surface area contributed by atoms with Crippen LogP contribution in [0, 0.1) is 0 Å². The molecule has 6 heteroatoms. The first kappa shape index (κ1) is 16.3. The number of benzene rings is 1. The van der Waals surface area contributed by atoms with Gasteiger partial charge in [-0.05, 0) is 60.7 Å². The van der Waals surface area contributed by atoms with Crippen molar-refractivity contribution in [2.24, 2.45) is 0 Å². The molecule has 1 aliphatic rings. The SMILES string of the molecule is CN1C(=S)NC(c2ccccn2)C1c1cccn1-c1ccc(Br)cc1. The van der Waals surface area contributed by atoms with Crippen LogP contribution in [0.1, 0.15) is 23.5 Å². The molecule has 126 valence electrons. The second kappa shape index (κ2) is 6.61. The van der Waals surface area contributed by atoms with Gasteiger partial charge in [-0.15, -0.1) is 0 Å². The second-order valence-electron chi connectivity index (χ2n) is 6.02. The van der Waals surface area contributed by atoms with Crippen molar-refractivity contribution in [2.75, 3.05) is 7.05 Å². The Morgan fingerprint density at radius 3 is 2.60 bits per heavy atom. The van der Waals surface area contributed by atoms with Gasteiger partial charge >= 0.3 is 0 Å². The van der Waals surface area contributed by atoms with Crippen LogP contribution in [-0.4, -0.2) is 26.6 Å². The third-order valence-corrected chi connectivity index (χ3v) is 5.46. The standard InChI is InChI=1S/C19H17BrN4S/c1-23-18(17(22-19(23)25)15-5-2-3-11-21-15)16-6-4-12-24(16)14-9-7-13(20)8-10-14/h2-12,17-18H,1H3,(H,22,25). The van der Waals surface area contributed by atoms with Gasteiger partial charge in [0.2, 0.25) is 0 Å². The number of likely N-dealkylation sites (N-methyl/N-ethyl adjacent to an activating group) is 1. The number of rotatable bonds is 3. The van der Waals surface area contributed by atoms with E-state index in [2.05, 4.69) is 78.3 Å². The van der Waals surface area contributed by atoms with Gasteiger partial charge in [0.1, 0.15) is 0 Å². The molecular weight excluding hydrogens is 396 g/mol. The van der Waals surface area contributed by atoms with E-state index < -0.39 is 0 Å². The summed E-state index contributed by atoms with van der Waals surface area (Å²) in [4.78, 5) is 6.65. The van der Waals surface area contributed by atoms with Gasteiger partial charge in [0.25, 0.3) is 0 Å². The first-order valence-electron chi connectivity index (χ1n) is 8.02. The van der Waals surface area contributed by atoms with Gasteiger partial charge in [0, 0.05) is 35.3 Å². The first-order valence-corrected chi connectivity index (χ1v) is 9.23. The van der Waals surface area contributed by atoms with E-state index in [0.29, 0.717) is 0 Å². The van der Waals surface area contributed by atoms with Gasteiger partial charge < -0.3 is 14.8 Å². The van der Waals surface area contributed by atoms with E-state index in [1.807, 2.05) is 31.4 Å². The summed E-state index contributed by atoms with van der Waals surface area (Å²) in [6.07, 6.45) is 3.91. The van der Waals surface area contributed by atoms with Crippen LogP contribution < -0.4 is 5.32 Å². The lowest BCUT2D eigenvalue weighted by molar-refractivity contribution is 0.357. The van der Waals surface area contributed by atoms with Crippen LogP contribution in [0.15, 0.2) is 71.5 Å². The summed E-state index contributed by atoms with van der Waals surface area (Å²) in [7, 11) is 2.03. The fraction of sp³-hybridized carbons (Fsp3) is 0.158. The van der Waals surface area contributed by atoms with Crippen molar-refractivity contribution >= 4 is 33.3 Å². The van der Waals surface area contributed by atoms with E-state index in [1.165, 1.54) is 5.69 Å². The summed E-state index contributed by atoms with van der Waals surface area (Å²) in [5.74, 6) is 0. The highest BCUT2D eigenvalue weighted by Crippen LogP contribution is 2.38. The Kier molecular flexibility index (Phi) is 4.31. The summed E-state index contributed by atoms with van der Waals surface area (Å²) < 4.78 is 3.27. The smallest absolute Gasteiger partial charge is 0.169 e. The Morgan fingerprint density at radius 2 is 1.88 bits per heavy atom. The van der Waals surface area contributed by atoms with Crippen molar-refractivity contribution in [3.8, 4) is 5.69 Å². The quantitative estimate of drug-likeness (QED) is 0.652. The number of thiocarbonyl (C=S) groups is 1. The molecule has 1 aromatic carbocycles. The highest BCUT2D eigenvalue weighted by molar-refractivity contribution is 9.10. The molecule has 25 heavy (non-hydrogen) atoms. The minimum Gasteiger partial charge on any atom is -0.352 e. The maximum Gasteiger partial charge on any atom is 0.169 e. The molecule has 0 aliphatic carbocycles. The molecule has 1 saturated heterocycles.